The number of hydrogen-bond donors (Lipinski definition) is 1. The van der Waals surface area contributed by atoms with Gasteiger partial charge in [-0.05, 0) is 52.0 Å². The van der Waals surface area contributed by atoms with Crippen LogP contribution in [0.25, 0.3) is 17.1 Å². The van der Waals surface area contributed by atoms with Crippen molar-refractivity contribution in [1.82, 2.24) is 15.0 Å². The smallest absolute Gasteiger partial charge is 0.440 e. The molecule has 0 radical (unpaired) electrons. The lowest BCUT2D eigenvalue weighted by molar-refractivity contribution is -0.603. The van der Waals surface area contributed by atoms with Crippen molar-refractivity contribution in [3.8, 4) is 17.1 Å². The Morgan fingerprint density at radius 2 is 1.42 bits per heavy atom. The van der Waals surface area contributed by atoms with Gasteiger partial charge in [-0.2, -0.15) is 0 Å². The Kier molecular flexibility index (Phi) is 8.52. The molecule has 0 aliphatic heterocycles. The quantitative estimate of drug-likeness (QED) is 0.402. The monoisotopic (exact) mass is 389 g/mol. The van der Waals surface area contributed by atoms with E-state index in [1.165, 1.54) is 0 Å². The van der Waals surface area contributed by atoms with E-state index in [1.807, 2.05) is 36.7 Å². The van der Waals surface area contributed by atoms with Crippen LogP contribution >= 0.6 is 23.2 Å². The van der Waals surface area contributed by atoms with Gasteiger partial charge in [-0.15, -0.1) is 0 Å². The van der Waals surface area contributed by atoms with Crippen molar-refractivity contribution in [2.24, 2.45) is 0 Å². The summed E-state index contributed by atoms with van der Waals surface area (Å²) in [5.41, 5.74) is 7.82. The predicted octanol–water partition coefficient (Wildman–Crippen LogP) is -1.94. The lowest BCUT2D eigenvalue weighted by Crippen LogP contribution is -3.00. The van der Waals surface area contributed by atoms with Gasteiger partial charge in [0.05, 0.1) is 12.4 Å². The van der Waals surface area contributed by atoms with Crippen LogP contribution in [0.1, 0.15) is 0 Å². The molecule has 10 heteroatoms. The van der Waals surface area contributed by atoms with Gasteiger partial charge in [0.25, 0.3) is 0 Å². The molecule has 0 spiro atoms. The van der Waals surface area contributed by atoms with Crippen molar-refractivity contribution in [2.45, 2.75) is 0 Å². The van der Waals surface area contributed by atoms with Gasteiger partial charge >= 0.3 is 5.95 Å². The number of halogens is 3. The summed E-state index contributed by atoms with van der Waals surface area (Å²) < 4.78 is 1.71. The molecular weight excluding hydrogens is 377 g/mol. The van der Waals surface area contributed by atoms with E-state index in [2.05, 4.69) is 15.0 Å². The molecule has 3 aromatic heterocycles. The maximum atomic E-state index is 5.91. The van der Waals surface area contributed by atoms with Gasteiger partial charge in [0.1, 0.15) is 0 Å². The molecular formula is C14H14Cl3N5O2. The number of nitrogens with two attached hydrogens (primary N) is 1. The van der Waals surface area contributed by atoms with Crippen LogP contribution in [0.5, 0.6) is 0 Å². The Labute approximate surface area is 154 Å². The van der Waals surface area contributed by atoms with Crippen LogP contribution in [0.15, 0.2) is 49.1 Å². The first-order valence-corrected chi connectivity index (χ1v) is 6.81. The van der Waals surface area contributed by atoms with Crippen LogP contribution in [-0.2, 0) is 0 Å². The van der Waals surface area contributed by atoms with Crippen molar-refractivity contribution >= 4 is 29.0 Å². The second-order valence-corrected chi connectivity index (χ2v) is 4.98. The summed E-state index contributed by atoms with van der Waals surface area (Å²) in [6.07, 6.45) is 7.15. The normalized spacial score (nSPS) is 9.25. The highest BCUT2D eigenvalue weighted by Crippen LogP contribution is 2.24. The largest absolute Gasteiger partial charge is 1.00 e. The van der Waals surface area contributed by atoms with Gasteiger partial charge < -0.3 is 29.1 Å². The van der Waals surface area contributed by atoms with E-state index in [1.54, 1.807) is 17.0 Å². The van der Waals surface area contributed by atoms with Crippen LogP contribution in [-0.4, -0.2) is 25.9 Å². The fourth-order valence-corrected chi connectivity index (χ4v) is 2.09. The SMILES string of the molecule is Nc1nc(-[n+]2ccc(-c3ccncc3)cc2)nc(Cl)c1Cl.O.O.[Cl-]. The Balaban J connectivity index is 0.00000176. The number of aromatic nitrogens is 4. The number of pyridine rings is 2. The van der Waals surface area contributed by atoms with Crippen molar-refractivity contribution < 1.29 is 27.9 Å². The lowest BCUT2D eigenvalue weighted by atomic mass is 10.1. The highest BCUT2D eigenvalue weighted by molar-refractivity contribution is 6.42. The minimum atomic E-state index is 0. The molecule has 0 bridgehead atoms. The standard InChI is InChI=1S/C14H10Cl2N5.ClH.2H2O/c15-11-12(16)19-14(20-13(11)17)21-7-3-10(4-8-21)9-1-5-18-6-2-9;;;/h1-8H,(H2,17,19,20);1H;2*1H2/q+1;;;/p-1. The number of nitrogens with zero attached hydrogens (tertiary/aromatic N) is 4. The van der Waals surface area contributed by atoms with E-state index in [0.717, 1.165) is 11.1 Å². The molecule has 128 valence electrons. The molecule has 0 atom stereocenters. The minimum absolute atomic E-state index is 0. The number of rotatable bonds is 2. The first-order valence-electron chi connectivity index (χ1n) is 6.06. The third-order valence-electron chi connectivity index (χ3n) is 2.90. The number of nitrogen functional groups attached to an aromatic ring is 1. The van der Waals surface area contributed by atoms with E-state index >= 15 is 0 Å². The summed E-state index contributed by atoms with van der Waals surface area (Å²) in [6.45, 7) is 0. The third-order valence-corrected chi connectivity index (χ3v) is 3.64. The first-order chi connectivity index (χ1) is 10.1. The zero-order valence-corrected chi connectivity index (χ0v) is 14.4. The summed E-state index contributed by atoms with van der Waals surface area (Å²) in [7, 11) is 0. The zero-order chi connectivity index (χ0) is 14.8. The van der Waals surface area contributed by atoms with E-state index in [0.29, 0.717) is 5.95 Å². The van der Waals surface area contributed by atoms with Crippen LogP contribution in [0, 0.1) is 0 Å². The highest BCUT2D eigenvalue weighted by atomic mass is 35.5. The topological polar surface area (TPSA) is 132 Å². The van der Waals surface area contributed by atoms with Crippen molar-refractivity contribution in [1.29, 1.82) is 0 Å². The third kappa shape index (κ3) is 4.50. The predicted molar refractivity (Wildman–Crippen MR) is 88.5 cm³/mol. The molecule has 6 N–H and O–H groups in total. The maximum absolute atomic E-state index is 5.91. The van der Waals surface area contributed by atoms with Gasteiger partial charge in [-0.3, -0.25) is 4.98 Å². The summed E-state index contributed by atoms with van der Waals surface area (Å²) in [5.74, 6) is 0.514. The van der Waals surface area contributed by atoms with E-state index in [4.69, 9.17) is 28.9 Å². The molecule has 0 aliphatic rings. The molecule has 0 aromatic carbocycles. The van der Waals surface area contributed by atoms with Crippen LogP contribution in [0.4, 0.5) is 5.82 Å². The van der Waals surface area contributed by atoms with Crippen molar-refractivity contribution in [3.63, 3.8) is 0 Å². The van der Waals surface area contributed by atoms with Gasteiger partial charge in [0.2, 0.25) is 11.0 Å². The minimum Gasteiger partial charge on any atom is -1.00 e. The molecule has 0 aliphatic carbocycles. The van der Waals surface area contributed by atoms with Crippen molar-refractivity contribution in [2.75, 3.05) is 5.73 Å². The molecule has 0 saturated carbocycles. The fraction of sp³-hybridized carbons (Fsp3) is 0. The molecule has 0 unspecified atom stereocenters. The van der Waals surface area contributed by atoms with Crippen LogP contribution in [0.3, 0.4) is 0 Å². The second-order valence-electron chi connectivity index (χ2n) is 4.24. The summed E-state index contributed by atoms with van der Waals surface area (Å²) in [5, 5.41) is 0.291. The Bertz CT molecular complexity index is 765. The van der Waals surface area contributed by atoms with Gasteiger partial charge in [0, 0.05) is 12.4 Å². The Morgan fingerprint density at radius 1 is 0.875 bits per heavy atom. The fourth-order valence-electron chi connectivity index (χ4n) is 1.84. The Hall–Kier alpha value is -2.03. The summed E-state index contributed by atoms with van der Waals surface area (Å²) >= 11 is 11.8. The van der Waals surface area contributed by atoms with E-state index in [9.17, 15) is 0 Å². The molecule has 3 aromatic rings. The van der Waals surface area contributed by atoms with Gasteiger partial charge in [-0.1, -0.05) is 16.6 Å². The first kappa shape index (κ1) is 22.0. The molecule has 3 rings (SSSR count). The number of anilines is 1. The molecule has 3 heterocycles. The van der Waals surface area contributed by atoms with E-state index < -0.39 is 0 Å². The molecule has 0 amide bonds. The van der Waals surface area contributed by atoms with Crippen molar-refractivity contribution in [3.05, 3.63) is 59.2 Å². The maximum Gasteiger partial charge on any atom is 0.440 e. The van der Waals surface area contributed by atoms with Gasteiger partial charge in [-0.25, -0.2) is 4.57 Å². The lowest BCUT2D eigenvalue weighted by Gasteiger charge is -2.02. The molecule has 7 nitrogen and oxygen atoms in total. The second kappa shape index (κ2) is 9.31. The Morgan fingerprint density at radius 3 is 1.96 bits per heavy atom. The zero-order valence-electron chi connectivity index (χ0n) is 12.1. The van der Waals surface area contributed by atoms with E-state index in [-0.39, 0.29) is 39.4 Å². The highest BCUT2D eigenvalue weighted by Gasteiger charge is 2.18. The average molecular weight is 391 g/mol. The molecule has 0 fully saturated rings. The van der Waals surface area contributed by atoms with Crippen LogP contribution in [0.2, 0.25) is 10.2 Å². The number of hydrogen-bond acceptors (Lipinski definition) is 4. The average Bonchev–Trinajstić information content (AvgIpc) is 2.53. The van der Waals surface area contributed by atoms with Gasteiger partial charge in [0.15, 0.2) is 5.02 Å². The molecule has 24 heavy (non-hydrogen) atoms. The summed E-state index contributed by atoms with van der Waals surface area (Å²) in [6, 6.07) is 7.76. The molecule has 0 saturated heterocycles. The summed E-state index contributed by atoms with van der Waals surface area (Å²) in [4.78, 5) is 12.2. The van der Waals surface area contributed by atoms with Crippen LogP contribution < -0.4 is 22.7 Å².